The molecule has 1 rings (SSSR count). The van der Waals surface area contributed by atoms with Crippen LogP contribution in [0.4, 0.5) is 12.9 Å². The van der Waals surface area contributed by atoms with Crippen molar-refractivity contribution < 1.29 is 12.9 Å². The number of aromatic nitrogens is 2. The van der Waals surface area contributed by atoms with Gasteiger partial charge in [-0.3, -0.25) is 4.68 Å². The predicted octanol–water partition coefficient (Wildman–Crippen LogP) is 2.78. The fraction of sp³-hybridized carbons (Fsp3) is 0.625. The average Bonchev–Trinajstić information content (AvgIpc) is 2.48. The van der Waals surface area contributed by atoms with E-state index in [1.54, 1.807) is 10.9 Å². The molecule has 0 saturated carbocycles. The summed E-state index contributed by atoms with van der Waals surface area (Å²) < 4.78 is 37.7. The van der Waals surface area contributed by atoms with Crippen molar-refractivity contribution in [2.45, 2.75) is 32.6 Å². The lowest BCUT2D eigenvalue weighted by Gasteiger charge is -2.11. The zero-order valence-electron chi connectivity index (χ0n) is 8.25. The molecule has 2 nitrogen and oxygen atoms in total. The Morgan fingerprint density at radius 1 is 1.50 bits per heavy atom. The molecule has 0 fully saturated rings. The Hall–Kier alpha value is -0.935. The second kappa shape index (κ2) is 4.06. The van der Waals surface area contributed by atoms with E-state index in [0.29, 0.717) is 0 Å². The molecular weight excluding hydrogens is 192 g/mol. The molecule has 0 amide bonds. The van der Waals surface area contributed by atoms with Gasteiger partial charge in [0.2, 0.25) is 0 Å². The zero-order chi connectivity index (χ0) is 10.8. The smallest absolute Gasteiger partial charge is 0.449 e. The molecule has 80 valence electrons. The standard InChI is InChI=1S/C8H13BF3N2/c1-3-7(2)14-5-4-8(13-14)6-9(10,11)12/h4-5,7H,3,6H2,1-2H3/q-1. The van der Waals surface area contributed by atoms with Gasteiger partial charge in [0.05, 0.1) is 0 Å². The molecule has 0 saturated heterocycles. The first-order chi connectivity index (χ1) is 6.42. The molecule has 0 spiro atoms. The molecule has 6 heteroatoms. The summed E-state index contributed by atoms with van der Waals surface area (Å²) in [5.41, 5.74) is 0.109. The van der Waals surface area contributed by atoms with Gasteiger partial charge in [-0.15, -0.1) is 0 Å². The fourth-order valence-corrected chi connectivity index (χ4v) is 1.16. The van der Waals surface area contributed by atoms with E-state index in [1.165, 1.54) is 6.07 Å². The van der Waals surface area contributed by atoms with Crippen LogP contribution in [0.25, 0.3) is 0 Å². The van der Waals surface area contributed by atoms with E-state index in [0.717, 1.165) is 6.42 Å². The van der Waals surface area contributed by atoms with Crippen LogP contribution in [-0.4, -0.2) is 16.8 Å². The lowest BCUT2D eigenvalue weighted by Crippen LogP contribution is -2.20. The molecule has 0 bridgehead atoms. The highest BCUT2D eigenvalue weighted by Gasteiger charge is 2.24. The van der Waals surface area contributed by atoms with Crippen molar-refractivity contribution in [3.05, 3.63) is 18.0 Å². The molecule has 0 radical (unpaired) electrons. The monoisotopic (exact) mass is 205 g/mol. The Morgan fingerprint density at radius 3 is 2.64 bits per heavy atom. The Kier molecular flexibility index (Phi) is 3.23. The van der Waals surface area contributed by atoms with Gasteiger partial charge in [-0.25, -0.2) is 0 Å². The minimum Gasteiger partial charge on any atom is -0.449 e. The van der Waals surface area contributed by atoms with E-state index in [-0.39, 0.29) is 11.7 Å². The van der Waals surface area contributed by atoms with Gasteiger partial charge in [0, 0.05) is 17.9 Å². The number of nitrogens with zero attached hydrogens (tertiary/aromatic N) is 2. The summed E-state index contributed by atoms with van der Waals surface area (Å²) in [7, 11) is 0. The highest BCUT2D eigenvalue weighted by Crippen LogP contribution is 2.16. The first-order valence-electron chi connectivity index (χ1n) is 4.67. The Bertz CT molecular complexity index is 295. The topological polar surface area (TPSA) is 17.8 Å². The third-order valence-corrected chi connectivity index (χ3v) is 2.15. The van der Waals surface area contributed by atoms with Crippen LogP contribution in [0.15, 0.2) is 12.3 Å². The van der Waals surface area contributed by atoms with Crippen LogP contribution < -0.4 is 0 Å². The predicted molar refractivity (Wildman–Crippen MR) is 50.0 cm³/mol. The first-order valence-corrected chi connectivity index (χ1v) is 4.67. The summed E-state index contributed by atoms with van der Waals surface area (Å²) in [6.07, 6.45) is 1.58. The minimum absolute atomic E-state index is 0.109. The molecule has 1 heterocycles. The van der Waals surface area contributed by atoms with Crippen molar-refractivity contribution in [3.63, 3.8) is 0 Å². The van der Waals surface area contributed by atoms with Crippen LogP contribution in [0.1, 0.15) is 32.0 Å². The SMILES string of the molecule is CCC(C)n1ccc(C[B-](F)(F)F)n1. The van der Waals surface area contributed by atoms with E-state index in [2.05, 4.69) is 5.10 Å². The van der Waals surface area contributed by atoms with Crippen molar-refractivity contribution in [1.82, 2.24) is 9.78 Å². The number of rotatable bonds is 4. The quantitative estimate of drug-likeness (QED) is 0.691. The Labute approximate surface area is 81.2 Å². The molecule has 1 aromatic rings. The number of hydrogen-bond acceptors (Lipinski definition) is 1. The molecule has 0 N–H and O–H groups in total. The maximum atomic E-state index is 12.0. The van der Waals surface area contributed by atoms with Crippen LogP contribution >= 0.6 is 0 Å². The van der Waals surface area contributed by atoms with Crippen molar-refractivity contribution in [1.29, 1.82) is 0 Å². The van der Waals surface area contributed by atoms with Crippen molar-refractivity contribution >= 4 is 6.98 Å². The van der Waals surface area contributed by atoms with Crippen LogP contribution in [0.3, 0.4) is 0 Å². The lowest BCUT2D eigenvalue weighted by molar-refractivity contribution is 0.456. The van der Waals surface area contributed by atoms with Crippen molar-refractivity contribution in [3.8, 4) is 0 Å². The van der Waals surface area contributed by atoms with Crippen LogP contribution in [0, 0.1) is 0 Å². The summed E-state index contributed by atoms with van der Waals surface area (Å²) in [6, 6.07) is 1.59. The first kappa shape index (κ1) is 11.1. The van der Waals surface area contributed by atoms with Gasteiger partial charge in [0.25, 0.3) is 0 Å². The van der Waals surface area contributed by atoms with Gasteiger partial charge in [0.1, 0.15) is 0 Å². The third-order valence-electron chi connectivity index (χ3n) is 2.15. The molecular formula is C8H13BF3N2-. The Morgan fingerprint density at radius 2 is 2.14 bits per heavy atom. The molecule has 0 aliphatic carbocycles. The number of halogens is 3. The van der Waals surface area contributed by atoms with Gasteiger partial charge in [-0.05, 0) is 25.7 Å². The fourth-order valence-electron chi connectivity index (χ4n) is 1.16. The van der Waals surface area contributed by atoms with Crippen LogP contribution in [-0.2, 0) is 6.32 Å². The summed E-state index contributed by atoms with van der Waals surface area (Å²) in [5, 5.41) is 3.88. The second-order valence-corrected chi connectivity index (χ2v) is 3.46. The molecule has 1 atom stereocenters. The maximum absolute atomic E-state index is 12.0. The van der Waals surface area contributed by atoms with E-state index in [4.69, 9.17) is 0 Å². The van der Waals surface area contributed by atoms with Crippen molar-refractivity contribution in [2.75, 3.05) is 0 Å². The maximum Gasteiger partial charge on any atom is 0.484 e. The molecule has 14 heavy (non-hydrogen) atoms. The molecule has 0 aliphatic heterocycles. The van der Waals surface area contributed by atoms with Gasteiger partial charge in [-0.1, -0.05) is 6.92 Å². The Balaban J connectivity index is 2.69. The number of hydrogen-bond donors (Lipinski definition) is 0. The average molecular weight is 205 g/mol. The third kappa shape index (κ3) is 3.08. The normalized spacial score (nSPS) is 14.4. The molecule has 1 aromatic heterocycles. The van der Waals surface area contributed by atoms with E-state index < -0.39 is 13.3 Å². The van der Waals surface area contributed by atoms with E-state index >= 15 is 0 Å². The van der Waals surface area contributed by atoms with Crippen LogP contribution in [0.2, 0.25) is 0 Å². The summed E-state index contributed by atoms with van der Waals surface area (Å²) in [5.74, 6) is 0. The molecule has 0 aromatic carbocycles. The van der Waals surface area contributed by atoms with Gasteiger partial charge in [-0.2, -0.15) is 5.10 Å². The zero-order valence-corrected chi connectivity index (χ0v) is 8.25. The lowest BCUT2D eigenvalue weighted by atomic mass is 9.84. The van der Waals surface area contributed by atoms with Crippen molar-refractivity contribution in [2.24, 2.45) is 0 Å². The van der Waals surface area contributed by atoms with Crippen LogP contribution in [0.5, 0.6) is 0 Å². The van der Waals surface area contributed by atoms with E-state index in [9.17, 15) is 12.9 Å². The largest absolute Gasteiger partial charge is 0.484 e. The van der Waals surface area contributed by atoms with Gasteiger partial charge < -0.3 is 12.9 Å². The second-order valence-electron chi connectivity index (χ2n) is 3.46. The molecule has 1 unspecified atom stereocenters. The highest BCUT2D eigenvalue weighted by molar-refractivity contribution is 6.57. The summed E-state index contributed by atoms with van der Waals surface area (Å²) >= 11 is 0. The summed E-state index contributed by atoms with van der Waals surface area (Å²) in [4.78, 5) is 0. The minimum atomic E-state index is -4.77. The molecule has 0 aliphatic rings. The highest BCUT2D eigenvalue weighted by atomic mass is 19.4. The van der Waals surface area contributed by atoms with Gasteiger partial charge >= 0.3 is 6.98 Å². The van der Waals surface area contributed by atoms with Gasteiger partial charge in [0.15, 0.2) is 0 Å². The van der Waals surface area contributed by atoms with E-state index in [1.807, 2.05) is 13.8 Å². The summed E-state index contributed by atoms with van der Waals surface area (Å²) in [6.45, 7) is -0.874.